The largest absolute Gasteiger partial charge is 0.391 e. The Morgan fingerprint density at radius 2 is 2.00 bits per heavy atom. The van der Waals surface area contributed by atoms with Crippen molar-refractivity contribution in [3.05, 3.63) is 28.8 Å². The van der Waals surface area contributed by atoms with E-state index in [1.54, 1.807) is 0 Å². The van der Waals surface area contributed by atoms with Crippen LogP contribution >= 0.6 is 11.6 Å². The zero-order valence-corrected chi connectivity index (χ0v) is 11.0. The average molecular weight is 254 g/mol. The van der Waals surface area contributed by atoms with Gasteiger partial charge in [-0.3, -0.25) is 0 Å². The Kier molecular flexibility index (Phi) is 4.30. The number of hydrogen-bond donors (Lipinski definition) is 2. The van der Waals surface area contributed by atoms with Crippen LogP contribution in [0.2, 0.25) is 5.02 Å². The van der Waals surface area contributed by atoms with E-state index in [9.17, 15) is 5.11 Å². The van der Waals surface area contributed by atoms with Crippen LogP contribution in [0, 0.1) is 6.92 Å². The lowest BCUT2D eigenvalue weighted by molar-refractivity contribution is 0.144. The van der Waals surface area contributed by atoms with Crippen LogP contribution in [0.3, 0.4) is 0 Å². The molecule has 1 aromatic rings. The van der Waals surface area contributed by atoms with Crippen molar-refractivity contribution in [1.29, 1.82) is 0 Å². The third kappa shape index (κ3) is 3.36. The van der Waals surface area contributed by atoms with E-state index in [1.165, 1.54) is 18.4 Å². The van der Waals surface area contributed by atoms with Gasteiger partial charge in [-0.1, -0.05) is 36.9 Å². The second-order valence-electron chi connectivity index (χ2n) is 4.94. The number of halogens is 1. The number of benzene rings is 1. The number of aliphatic hydroxyl groups excluding tert-OH is 1. The highest BCUT2D eigenvalue weighted by molar-refractivity contribution is 6.33. The number of nitrogens with one attached hydrogen (secondary N) is 1. The third-order valence-corrected chi connectivity index (χ3v) is 3.77. The summed E-state index contributed by atoms with van der Waals surface area (Å²) in [5, 5.41) is 14.2. The highest BCUT2D eigenvalue weighted by Gasteiger charge is 2.21. The molecule has 3 heteroatoms. The Bertz CT molecular complexity index is 380. The van der Waals surface area contributed by atoms with Crippen molar-refractivity contribution in [1.82, 2.24) is 0 Å². The summed E-state index contributed by atoms with van der Waals surface area (Å²) in [5.74, 6) is 0. The van der Waals surface area contributed by atoms with Crippen molar-refractivity contribution >= 4 is 17.3 Å². The molecule has 0 saturated heterocycles. The van der Waals surface area contributed by atoms with Gasteiger partial charge >= 0.3 is 0 Å². The predicted octanol–water partition coefficient (Wildman–Crippen LogP) is 3.75. The average Bonchev–Trinajstić information content (AvgIpc) is 2.50. The lowest BCUT2D eigenvalue weighted by atomic mass is 10.1. The molecule has 0 bridgehead atoms. The van der Waals surface area contributed by atoms with Gasteiger partial charge in [-0.25, -0.2) is 0 Å². The SMILES string of the molecule is Cc1ccc(Cl)c(NC2CCCCCC2O)c1. The van der Waals surface area contributed by atoms with E-state index < -0.39 is 0 Å². The molecular weight excluding hydrogens is 234 g/mol. The zero-order valence-electron chi connectivity index (χ0n) is 10.2. The minimum absolute atomic E-state index is 0.136. The van der Waals surface area contributed by atoms with Crippen LogP contribution in [0.15, 0.2) is 18.2 Å². The summed E-state index contributed by atoms with van der Waals surface area (Å²) in [4.78, 5) is 0. The van der Waals surface area contributed by atoms with Crippen LogP contribution in [0.4, 0.5) is 5.69 Å². The van der Waals surface area contributed by atoms with Gasteiger partial charge in [-0.05, 0) is 37.5 Å². The molecule has 0 heterocycles. The minimum atomic E-state index is -0.255. The lowest BCUT2D eigenvalue weighted by Crippen LogP contribution is -2.32. The monoisotopic (exact) mass is 253 g/mol. The van der Waals surface area contributed by atoms with E-state index in [0.29, 0.717) is 0 Å². The molecule has 2 nitrogen and oxygen atoms in total. The third-order valence-electron chi connectivity index (χ3n) is 3.44. The van der Waals surface area contributed by atoms with Crippen molar-refractivity contribution in [2.24, 2.45) is 0 Å². The molecule has 2 unspecified atom stereocenters. The van der Waals surface area contributed by atoms with Gasteiger partial charge in [0.1, 0.15) is 0 Å². The smallest absolute Gasteiger partial charge is 0.0741 e. The van der Waals surface area contributed by atoms with Crippen molar-refractivity contribution < 1.29 is 5.11 Å². The Hall–Kier alpha value is -0.730. The Balaban J connectivity index is 2.10. The summed E-state index contributed by atoms with van der Waals surface area (Å²) in [5.41, 5.74) is 2.12. The van der Waals surface area contributed by atoms with Crippen LogP contribution in [-0.2, 0) is 0 Å². The maximum Gasteiger partial charge on any atom is 0.0741 e. The minimum Gasteiger partial charge on any atom is -0.391 e. The Labute approximate surface area is 108 Å². The molecule has 0 aliphatic heterocycles. The van der Waals surface area contributed by atoms with Gasteiger partial charge in [0.05, 0.1) is 22.9 Å². The van der Waals surface area contributed by atoms with Gasteiger partial charge in [0, 0.05) is 0 Å². The molecule has 2 N–H and O–H groups in total. The fourth-order valence-corrected chi connectivity index (χ4v) is 2.58. The van der Waals surface area contributed by atoms with Crippen LogP contribution in [0.5, 0.6) is 0 Å². The standard InChI is InChI=1S/C14H20ClNO/c1-10-7-8-11(15)13(9-10)16-12-5-3-2-4-6-14(12)17/h7-9,12,14,16-17H,2-6H2,1H3. The highest BCUT2D eigenvalue weighted by atomic mass is 35.5. The molecule has 17 heavy (non-hydrogen) atoms. The van der Waals surface area contributed by atoms with Gasteiger partial charge in [0.2, 0.25) is 0 Å². The van der Waals surface area contributed by atoms with E-state index >= 15 is 0 Å². The second kappa shape index (κ2) is 5.74. The molecule has 94 valence electrons. The number of aryl methyl sites for hydroxylation is 1. The first-order valence-electron chi connectivity index (χ1n) is 6.37. The Morgan fingerprint density at radius 3 is 2.82 bits per heavy atom. The van der Waals surface area contributed by atoms with Crippen molar-refractivity contribution in [3.8, 4) is 0 Å². The van der Waals surface area contributed by atoms with Gasteiger partial charge in [0.15, 0.2) is 0 Å². The summed E-state index contributed by atoms with van der Waals surface area (Å²) in [6.45, 7) is 2.05. The number of aliphatic hydroxyl groups is 1. The first-order valence-corrected chi connectivity index (χ1v) is 6.75. The van der Waals surface area contributed by atoms with Gasteiger partial charge < -0.3 is 10.4 Å². The normalized spacial score (nSPS) is 25.4. The predicted molar refractivity (Wildman–Crippen MR) is 72.7 cm³/mol. The molecular formula is C14H20ClNO. The van der Waals surface area contributed by atoms with E-state index in [4.69, 9.17) is 11.6 Å². The molecule has 1 fully saturated rings. The summed E-state index contributed by atoms with van der Waals surface area (Å²) in [6.07, 6.45) is 5.18. The topological polar surface area (TPSA) is 32.3 Å². The first-order chi connectivity index (χ1) is 8.16. The number of hydrogen-bond acceptors (Lipinski definition) is 2. The molecule has 1 aromatic carbocycles. The molecule has 2 rings (SSSR count). The summed E-state index contributed by atoms with van der Waals surface area (Å²) < 4.78 is 0. The van der Waals surface area contributed by atoms with Gasteiger partial charge in [-0.15, -0.1) is 0 Å². The first kappa shape index (κ1) is 12.7. The summed E-state index contributed by atoms with van der Waals surface area (Å²) in [6, 6.07) is 6.08. The lowest BCUT2D eigenvalue weighted by Gasteiger charge is -2.23. The molecule has 0 radical (unpaired) electrons. The van der Waals surface area contributed by atoms with Gasteiger partial charge in [0.25, 0.3) is 0 Å². The van der Waals surface area contributed by atoms with Crippen LogP contribution in [0.25, 0.3) is 0 Å². The maximum atomic E-state index is 10.1. The molecule has 1 saturated carbocycles. The number of anilines is 1. The fourth-order valence-electron chi connectivity index (χ4n) is 2.41. The summed E-state index contributed by atoms with van der Waals surface area (Å²) >= 11 is 6.16. The van der Waals surface area contributed by atoms with Crippen molar-refractivity contribution in [2.75, 3.05) is 5.32 Å². The molecule has 0 amide bonds. The summed E-state index contributed by atoms with van der Waals surface area (Å²) in [7, 11) is 0. The zero-order chi connectivity index (χ0) is 12.3. The van der Waals surface area contributed by atoms with E-state index in [1.807, 2.05) is 25.1 Å². The fraction of sp³-hybridized carbons (Fsp3) is 0.571. The maximum absolute atomic E-state index is 10.1. The van der Waals surface area contributed by atoms with E-state index in [2.05, 4.69) is 5.32 Å². The van der Waals surface area contributed by atoms with Gasteiger partial charge in [-0.2, -0.15) is 0 Å². The van der Waals surface area contributed by atoms with E-state index in [-0.39, 0.29) is 12.1 Å². The van der Waals surface area contributed by atoms with Crippen LogP contribution < -0.4 is 5.32 Å². The van der Waals surface area contributed by atoms with Crippen LogP contribution in [0.1, 0.15) is 37.7 Å². The molecule has 0 aromatic heterocycles. The molecule has 0 spiro atoms. The second-order valence-corrected chi connectivity index (χ2v) is 5.35. The quantitative estimate of drug-likeness (QED) is 0.787. The van der Waals surface area contributed by atoms with Crippen LogP contribution in [-0.4, -0.2) is 17.3 Å². The molecule has 2 atom stereocenters. The molecule has 1 aliphatic rings. The van der Waals surface area contributed by atoms with Crippen molar-refractivity contribution in [3.63, 3.8) is 0 Å². The number of rotatable bonds is 2. The van der Waals surface area contributed by atoms with E-state index in [0.717, 1.165) is 30.0 Å². The highest BCUT2D eigenvalue weighted by Crippen LogP contribution is 2.27. The van der Waals surface area contributed by atoms with Crippen molar-refractivity contribution in [2.45, 2.75) is 51.2 Å². The molecule has 1 aliphatic carbocycles. The Morgan fingerprint density at radius 1 is 1.24 bits per heavy atom.